The highest BCUT2D eigenvalue weighted by Crippen LogP contribution is 2.31. The van der Waals surface area contributed by atoms with Gasteiger partial charge >= 0.3 is 0 Å². The highest BCUT2D eigenvalue weighted by molar-refractivity contribution is 8.00. The largest absolute Gasteiger partial charge is 0.354 e. The van der Waals surface area contributed by atoms with Gasteiger partial charge in [-0.3, -0.25) is 0 Å². The number of nitrogens with zero attached hydrogens (tertiary/aromatic N) is 3. The van der Waals surface area contributed by atoms with E-state index >= 15 is 0 Å². The van der Waals surface area contributed by atoms with Crippen LogP contribution in [0.3, 0.4) is 0 Å². The summed E-state index contributed by atoms with van der Waals surface area (Å²) in [7, 11) is 0. The second-order valence-electron chi connectivity index (χ2n) is 4.44. The molecule has 2 heterocycles. The molecule has 16 heavy (non-hydrogen) atoms. The van der Waals surface area contributed by atoms with Crippen molar-refractivity contribution in [3.63, 3.8) is 0 Å². The molecular weight excluding hydrogens is 222 g/mol. The van der Waals surface area contributed by atoms with Crippen molar-refractivity contribution in [3.05, 3.63) is 12.4 Å². The van der Waals surface area contributed by atoms with Gasteiger partial charge in [0.25, 0.3) is 0 Å². The summed E-state index contributed by atoms with van der Waals surface area (Å²) in [5.74, 6) is 8.06. The first-order valence-corrected chi connectivity index (χ1v) is 6.27. The summed E-state index contributed by atoms with van der Waals surface area (Å²) in [6, 6.07) is 1.88. The maximum Gasteiger partial charge on any atom is 0.145 e. The van der Waals surface area contributed by atoms with Crippen molar-refractivity contribution in [2.75, 3.05) is 29.2 Å². The standard InChI is InChI=1S/C10H17N5S/c1-10(2)6-15(3-4-16-10)9-5-8(14-11)12-7-13-9/h5,7H,3-4,6,11H2,1-2H3,(H,12,13,14). The van der Waals surface area contributed by atoms with E-state index in [0.717, 1.165) is 24.7 Å². The second-order valence-corrected chi connectivity index (χ2v) is 6.24. The molecule has 6 heteroatoms. The second kappa shape index (κ2) is 4.47. The van der Waals surface area contributed by atoms with Gasteiger partial charge in [-0.1, -0.05) is 0 Å². The molecule has 3 N–H and O–H groups in total. The number of anilines is 2. The van der Waals surface area contributed by atoms with Gasteiger partial charge in [0.15, 0.2) is 0 Å². The minimum absolute atomic E-state index is 0.277. The molecule has 0 radical (unpaired) electrons. The minimum atomic E-state index is 0.277. The van der Waals surface area contributed by atoms with Gasteiger partial charge in [-0.2, -0.15) is 11.8 Å². The molecule has 0 saturated carbocycles. The van der Waals surface area contributed by atoms with E-state index in [9.17, 15) is 0 Å². The number of hydrazine groups is 1. The fourth-order valence-corrected chi connectivity index (χ4v) is 2.92. The lowest BCUT2D eigenvalue weighted by molar-refractivity contribution is 0.642. The van der Waals surface area contributed by atoms with Crippen molar-refractivity contribution >= 4 is 23.4 Å². The third-order valence-electron chi connectivity index (χ3n) is 2.55. The molecule has 88 valence electrons. The Morgan fingerprint density at radius 2 is 2.31 bits per heavy atom. The summed E-state index contributed by atoms with van der Waals surface area (Å²) in [5, 5.41) is 0. The SMILES string of the molecule is CC1(C)CN(c2cc(NN)ncn2)CCS1. The first-order chi connectivity index (χ1) is 7.61. The van der Waals surface area contributed by atoms with Crippen LogP contribution in [0.2, 0.25) is 0 Å². The molecule has 0 atom stereocenters. The Kier molecular flexibility index (Phi) is 3.20. The molecule has 1 aromatic rings. The number of rotatable bonds is 2. The molecule has 0 spiro atoms. The van der Waals surface area contributed by atoms with Crippen LogP contribution in [0, 0.1) is 0 Å². The number of hydrogen-bond donors (Lipinski definition) is 2. The maximum absolute atomic E-state index is 5.34. The van der Waals surface area contributed by atoms with Crippen LogP contribution < -0.4 is 16.2 Å². The van der Waals surface area contributed by atoms with E-state index in [2.05, 4.69) is 34.1 Å². The van der Waals surface area contributed by atoms with Crippen molar-refractivity contribution in [1.29, 1.82) is 0 Å². The molecule has 1 fully saturated rings. The molecule has 1 saturated heterocycles. The van der Waals surface area contributed by atoms with E-state index in [1.807, 2.05) is 17.8 Å². The molecule has 0 aromatic carbocycles. The van der Waals surface area contributed by atoms with Crippen LogP contribution in [-0.4, -0.2) is 33.6 Å². The summed E-state index contributed by atoms with van der Waals surface area (Å²) in [6.07, 6.45) is 1.54. The molecule has 1 aliphatic rings. The van der Waals surface area contributed by atoms with E-state index in [1.165, 1.54) is 0 Å². The van der Waals surface area contributed by atoms with E-state index in [-0.39, 0.29) is 4.75 Å². The molecule has 5 nitrogen and oxygen atoms in total. The number of nitrogens with two attached hydrogens (primary N) is 1. The normalized spacial score (nSPS) is 19.6. The topological polar surface area (TPSA) is 67.1 Å². The van der Waals surface area contributed by atoms with Crippen molar-refractivity contribution in [2.24, 2.45) is 5.84 Å². The lowest BCUT2D eigenvalue weighted by Gasteiger charge is -2.38. The van der Waals surface area contributed by atoms with Gasteiger partial charge in [0.1, 0.15) is 18.0 Å². The Morgan fingerprint density at radius 3 is 3.00 bits per heavy atom. The zero-order valence-electron chi connectivity index (χ0n) is 9.60. The molecule has 1 aliphatic heterocycles. The fourth-order valence-electron chi connectivity index (χ4n) is 1.81. The van der Waals surface area contributed by atoms with Crippen LogP contribution in [0.4, 0.5) is 11.6 Å². The van der Waals surface area contributed by atoms with Gasteiger partial charge in [-0.05, 0) is 13.8 Å². The van der Waals surface area contributed by atoms with E-state index < -0.39 is 0 Å². The Morgan fingerprint density at radius 1 is 1.50 bits per heavy atom. The first kappa shape index (κ1) is 11.5. The quantitative estimate of drug-likeness (QED) is 0.595. The van der Waals surface area contributed by atoms with Gasteiger partial charge in [0.05, 0.1) is 0 Å². The van der Waals surface area contributed by atoms with Crippen molar-refractivity contribution in [1.82, 2.24) is 9.97 Å². The third kappa shape index (κ3) is 2.56. The van der Waals surface area contributed by atoms with Crippen molar-refractivity contribution in [2.45, 2.75) is 18.6 Å². The number of nitrogen functional groups attached to an aromatic ring is 1. The Labute approximate surface area is 99.8 Å². The number of thioether (sulfide) groups is 1. The first-order valence-electron chi connectivity index (χ1n) is 5.28. The summed E-state index contributed by atoms with van der Waals surface area (Å²) in [4.78, 5) is 10.6. The van der Waals surface area contributed by atoms with Crippen LogP contribution >= 0.6 is 11.8 Å². The van der Waals surface area contributed by atoms with Crippen molar-refractivity contribution in [3.8, 4) is 0 Å². The van der Waals surface area contributed by atoms with E-state index in [0.29, 0.717) is 5.82 Å². The number of aromatic nitrogens is 2. The predicted molar refractivity (Wildman–Crippen MR) is 68.6 cm³/mol. The highest BCUT2D eigenvalue weighted by atomic mass is 32.2. The average Bonchev–Trinajstić information content (AvgIpc) is 2.28. The molecular formula is C10H17N5S. The highest BCUT2D eigenvalue weighted by Gasteiger charge is 2.27. The summed E-state index contributed by atoms with van der Waals surface area (Å²) < 4.78 is 0.277. The van der Waals surface area contributed by atoms with Gasteiger partial charge in [-0.15, -0.1) is 0 Å². The Balaban J connectivity index is 2.16. The van der Waals surface area contributed by atoms with Gasteiger partial charge < -0.3 is 10.3 Å². The molecule has 0 aliphatic carbocycles. The molecule has 0 bridgehead atoms. The predicted octanol–water partition coefficient (Wildman–Crippen LogP) is 1.09. The van der Waals surface area contributed by atoms with Gasteiger partial charge in [0.2, 0.25) is 0 Å². The van der Waals surface area contributed by atoms with Crippen LogP contribution in [0.1, 0.15) is 13.8 Å². The van der Waals surface area contributed by atoms with Crippen LogP contribution in [-0.2, 0) is 0 Å². The summed E-state index contributed by atoms with van der Waals surface area (Å²) >= 11 is 2.00. The van der Waals surface area contributed by atoms with Crippen molar-refractivity contribution < 1.29 is 0 Å². The number of nitrogens with one attached hydrogen (secondary N) is 1. The molecule has 1 aromatic heterocycles. The molecule has 2 rings (SSSR count). The summed E-state index contributed by atoms with van der Waals surface area (Å²) in [5.41, 5.74) is 2.54. The lowest BCUT2D eigenvalue weighted by atomic mass is 10.2. The summed E-state index contributed by atoms with van der Waals surface area (Å²) in [6.45, 7) is 6.54. The lowest BCUT2D eigenvalue weighted by Crippen LogP contribution is -2.43. The average molecular weight is 239 g/mol. The zero-order valence-corrected chi connectivity index (χ0v) is 10.4. The molecule has 0 amide bonds. The van der Waals surface area contributed by atoms with Crippen LogP contribution in [0.5, 0.6) is 0 Å². The minimum Gasteiger partial charge on any atom is -0.354 e. The monoisotopic (exact) mass is 239 g/mol. The zero-order chi connectivity index (χ0) is 11.6. The number of hydrogen-bond acceptors (Lipinski definition) is 6. The Bertz CT molecular complexity index is 368. The smallest absolute Gasteiger partial charge is 0.145 e. The Hall–Kier alpha value is -1.01. The van der Waals surface area contributed by atoms with Crippen LogP contribution in [0.25, 0.3) is 0 Å². The molecule has 0 unspecified atom stereocenters. The maximum atomic E-state index is 5.34. The fraction of sp³-hybridized carbons (Fsp3) is 0.600. The van der Waals surface area contributed by atoms with Gasteiger partial charge in [0, 0.05) is 29.7 Å². The van der Waals surface area contributed by atoms with Gasteiger partial charge in [-0.25, -0.2) is 15.8 Å². The van der Waals surface area contributed by atoms with Crippen LogP contribution in [0.15, 0.2) is 12.4 Å². The third-order valence-corrected chi connectivity index (χ3v) is 3.85. The van der Waals surface area contributed by atoms with E-state index in [1.54, 1.807) is 6.33 Å². The van der Waals surface area contributed by atoms with E-state index in [4.69, 9.17) is 5.84 Å².